The Hall–Kier alpha value is -2.80. The first kappa shape index (κ1) is 26.8. The predicted octanol–water partition coefficient (Wildman–Crippen LogP) is 2.00. The number of fused-ring (bicyclic) bond motifs is 1. The Morgan fingerprint density at radius 2 is 1.84 bits per heavy atom. The minimum absolute atomic E-state index is 0.0456. The Morgan fingerprint density at radius 1 is 1.11 bits per heavy atom. The van der Waals surface area contributed by atoms with Gasteiger partial charge in [0.2, 0.25) is 10.0 Å². The van der Waals surface area contributed by atoms with E-state index in [1.165, 1.54) is 4.31 Å². The third-order valence-corrected chi connectivity index (χ3v) is 9.44. The lowest BCUT2D eigenvalue weighted by Gasteiger charge is -2.33. The fourth-order valence-corrected chi connectivity index (χ4v) is 6.99. The summed E-state index contributed by atoms with van der Waals surface area (Å²) < 4.78 is 36.0. The van der Waals surface area contributed by atoms with Crippen LogP contribution in [0.4, 0.5) is 0 Å². The number of ether oxygens (including phenoxy) is 1. The zero-order valence-electron chi connectivity index (χ0n) is 22.0. The van der Waals surface area contributed by atoms with Crippen LogP contribution in [0.3, 0.4) is 0 Å². The van der Waals surface area contributed by atoms with Crippen LogP contribution in [0.5, 0.6) is 5.75 Å². The van der Waals surface area contributed by atoms with Crippen LogP contribution in [0, 0.1) is 0 Å². The normalized spacial score (nSPS) is 18.0. The maximum atomic E-state index is 13.6. The summed E-state index contributed by atoms with van der Waals surface area (Å²) in [7, 11) is -3.79. The molecule has 0 unspecified atom stereocenters. The van der Waals surface area contributed by atoms with E-state index in [2.05, 4.69) is 4.98 Å². The molecule has 11 nitrogen and oxygen atoms in total. The van der Waals surface area contributed by atoms with E-state index in [0.29, 0.717) is 68.5 Å². The SMILES string of the molecule is CCOc1ccc(S(=O)(=O)N2CCN(CCO)CC2)cc1-c1nc2c(C3CCCC3)nc(CC)n2c(=O)[nH]1. The van der Waals surface area contributed by atoms with Crippen molar-refractivity contribution in [3.8, 4) is 17.1 Å². The molecule has 0 atom stereocenters. The van der Waals surface area contributed by atoms with E-state index in [9.17, 15) is 18.3 Å². The number of sulfonamides is 1. The summed E-state index contributed by atoms with van der Waals surface area (Å²) in [6.45, 7) is 6.55. The summed E-state index contributed by atoms with van der Waals surface area (Å²) in [5, 5.41) is 9.19. The van der Waals surface area contributed by atoms with Crippen LogP contribution in [0.1, 0.15) is 57.0 Å². The van der Waals surface area contributed by atoms with Gasteiger partial charge in [-0.2, -0.15) is 4.31 Å². The van der Waals surface area contributed by atoms with Crippen LogP contribution in [0.15, 0.2) is 27.9 Å². The van der Waals surface area contributed by atoms with Gasteiger partial charge >= 0.3 is 5.69 Å². The maximum Gasteiger partial charge on any atom is 0.334 e. The molecule has 1 aliphatic carbocycles. The van der Waals surface area contributed by atoms with Gasteiger partial charge in [-0.25, -0.2) is 27.6 Å². The molecule has 2 N–H and O–H groups in total. The Morgan fingerprint density at radius 3 is 2.50 bits per heavy atom. The molecule has 3 heterocycles. The number of H-pyrrole nitrogens is 1. The lowest BCUT2D eigenvalue weighted by Crippen LogP contribution is -2.49. The number of benzene rings is 1. The third-order valence-electron chi connectivity index (χ3n) is 7.54. The minimum Gasteiger partial charge on any atom is -0.493 e. The molecule has 1 saturated heterocycles. The van der Waals surface area contributed by atoms with Crippen LogP contribution in [-0.4, -0.2) is 88.0 Å². The van der Waals surface area contributed by atoms with Crippen molar-refractivity contribution in [1.82, 2.24) is 28.6 Å². The van der Waals surface area contributed by atoms with E-state index in [1.807, 2.05) is 18.7 Å². The standard InChI is InChI=1S/C26H36N6O5S/c1-3-22-27-23(18-7-5-6-8-18)25-28-24(29-26(34)32(22)25)20-17-19(9-10-21(20)37-4-2)38(35,36)31-13-11-30(12-14-31)15-16-33/h9-10,17-18,33H,3-8,11-16H2,1-2H3,(H,28,29,34). The van der Waals surface area contributed by atoms with Gasteiger partial charge in [-0.3, -0.25) is 9.88 Å². The van der Waals surface area contributed by atoms with Crippen molar-refractivity contribution < 1.29 is 18.3 Å². The van der Waals surface area contributed by atoms with Gasteiger partial charge in [0.25, 0.3) is 0 Å². The van der Waals surface area contributed by atoms with Crippen molar-refractivity contribution >= 4 is 15.7 Å². The van der Waals surface area contributed by atoms with Crippen molar-refractivity contribution in [1.29, 1.82) is 0 Å². The molecule has 2 aromatic heterocycles. The number of aromatic amines is 1. The first-order chi connectivity index (χ1) is 18.4. The molecule has 3 aromatic rings. The second-order valence-corrected chi connectivity index (χ2v) is 11.8. The number of aryl methyl sites for hydroxylation is 1. The van der Waals surface area contributed by atoms with Crippen LogP contribution >= 0.6 is 0 Å². The van der Waals surface area contributed by atoms with E-state index in [0.717, 1.165) is 31.4 Å². The third kappa shape index (κ3) is 4.97. The van der Waals surface area contributed by atoms with E-state index >= 15 is 0 Å². The Bertz CT molecular complexity index is 1450. The van der Waals surface area contributed by atoms with Crippen molar-refractivity contribution in [2.45, 2.75) is 56.8 Å². The van der Waals surface area contributed by atoms with E-state index < -0.39 is 10.0 Å². The molecule has 0 radical (unpaired) electrons. The first-order valence-corrected chi connectivity index (χ1v) is 14.9. The molecule has 38 heavy (non-hydrogen) atoms. The van der Waals surface area contributed by atoms with Gasteiger partial charge in [0, 0.05) is 45.1 Å². The highest BCUT2D eigenvalue weighted by Gasteiger charge is 2.30. The Balaban J connectivity index is 1.58. The maximum absolute atomic E-state index is 13.6. The van der Waals surface area contributed by atoms with Crippen LogP contribution < -0.4 is 10.4 Å². The number of aliphatic hydroxyl groups excluding tert-OH is 1. The Labute approximate surface area is 222 Å². The summed E-state index contributed by atoms with van der Waals surface area (Å²) >= 11 is 0. The number of nitrogens with one attached hydrogen (secondary N) is 1. The summed E-state index contributed by atoms with van der Waals surface area (Å²) in [5.74, 6) is 1.64. The number of aliphatic hydroxyl groups is 1. The smallest absolute Gasteiger partial charge is 0.334 e. The van der Waals surface area contributed by atoms with Gasteiger partial charge in [0.1, 0.15) is 17.4 Å². The zero-order chi connectivity index (χ0) is 26.9. The molecule has 1 aromatic carbocycles. The van der Waals surface area contributed by atoms with Gasteiger partial charge < -0.3 is 9.84 Å². The largest absolute Gasteiger partial charge is 0.493 e. The molecular formula is C26H36N6O5S. The molecule has 1 saturated carbocycles. The van der Waals surface area contributed by atoms with Crippen molar-refractivity contribution in [3.63, 3.8) is 0 Å². The summed E-state index contributed by atoms with van der Waals surface area (Å²) in [6, 6.07) is 4.71. The second kappa shape index (κ2) is 11.1. The highest BCUT2D eigenvalue weighted by Crippen LogP contribution is 2.36. The molecule has 0 amide bonds. The molecule has 2 fully saturated rings. The lowest BCUT2D eigenvalue weighted by atomic mass is 10.0. The number of hydrogen-bond acceptors (Lipinski definition) is 8. The van der Waals surface area contributed by atoms with Gasteiger partial charge in [-0.05, 0) is 38.0 Å². The topological polar surface area (TPSA) is 133 Å². The molecule has 1 aliphatic heterocycles. The quantitative estimate of drug-likeness (QED) is 0.418. The van der Waals surface area contributed by atoms with Crippen molar-refractivity contribution in [3.05, 3.63) is 40.2 Å². The number of nitrogens with zero attached hydrogens (tertiary/aromatic N) is 5. The Kier molecular flexibility index (Phi) is 7.85. The average Bonchev–Trinajstić information content (AvgIpc) is 3.58. The molecule has 12 heteroatoms. The summed E-state index contributed by atoms with van der Waals surface area (Å²) in [6.07, 6.45) is 4.89. The van der Waals surface area contributed by atoms with Crippen molar-refractivity contribution in [2.75, 3.05) is 45.9 Å². The van der Waals surface area contributed by atoms with Crippen molar-refractivity contribution in [2.24, 2.45) is 0 Å². The van der Waals surface area contributed by atoms with E-state index in [1.54, 1.807) is 22.6 Å². The number of hydrogen-bond donors (Lipinski definition) is 2. The van der Waals surface area contributed by atoms with E-state index in [4.69, 9.17) is 14.7 Å². The van der Waals surface area contributed by atoms with Crippen LogP contribution in [0.2, 0.25) is 0 Å². The number of aromatic nitrogens is 4. The minimum atomic E-state index is -3.79. The zero-order valence-corrected chi connectivity index (χ0v) is 22.8. The summed E-state index contributed by atoms with van der Waals surface area (Å²) in [5.41, 5.74) is 1.44. The first-order valence-electron chi connectivity index (χ1n) is 13.5. The number of β-amino-alcohol motifs (C(OH)–C–C–N with tert-alkyl or cyclic N) is 1. The number of imidazole rings is 1. The molecule has 5 rings (SSSR count). The lowest BCUT2D eigenvalue weighted by molar-refractivity contribution is 0.151. The van der Waals surface area contributed by atoms with Gasteiger partial charge in [0.05, 0.1) is 29.4 Å². The fraction of sp³-hybridized carbons (Fsp3) is 0.577. The summed E-state index contributed by atoms with van der Waals surface area (Å²) in [4.78, 5) is 28.0. The second-order valence-electron chi connectivity index (χ2n) is 9.86. The molecule has 2 aliphatic rings. The number of rotatable bonds is 9. The number of piperazine rings is 1. The fourth-order valence-electron chi connectivity index (χ4n) is 5.55. The van der Waals surface area contributed by atoms with Gasteiger partial charge in [-0.15, -0.1) is 0 Å². The van der Waals surface area contributed by atoms with E-state index in [-0.39, 0.29) is 28.9 Å². The molecule has 206 valence electrons. The average molecular weight is 545 g/mol. The monoisotopic (exact) mass is 544 g/mol. The van der Waals surface area contributed by atoms with Crippen LogP contribution in [0.25, 0.3) is 17.0 Å². The van der Waals surface area contributed by atoms with Crippen LogP contribution in [-0.2, 0) is 16.4 Å². The molecular weight excluding hydrogens is 508 g/mol. The van der Waals surface area contributed by atoms with Gasteiger partial charge in [-0.1, -0.05) is 19.8 Å². The molecule has 0 bridgehead atoms. The highest BCUT2D eigenvalue weighted by molar-refractivity contribution is 7.89. The predicted molar refractivity (Wildman–Crippen MR) is 143 cm³/mol. The molecule has 0 spiro atoms. The highest BCUT2D eigenvalue weighted by atomic mass is 32.2. The van der Waals surface area contributed by atoms with Gasteiger partial charge in [0.15, 0.2) is 5.65 Å².